The standard InChI is InChI=1S/C23H43I/c1-5-6-10-21-20-12-11-19(2)13-16-22(3,15-8-7-9-18-24)23(21,4)17-14-20/h19-21H,5-18H2,1-4H3. The Morgan fingerprint density at radius 3 is 2.42 bits per heavy atom. The second-order valence-corrected chi connectivity index (χ2v) is 10.8. The van der Waals surface area contributed by atoms with E-state index >= 15 is 0 Å². The number of unbranched alkanes of at least 4 members (excludes halogenated alkanes) is 3. The molecule has 142 valence electrons. The van der Waals surface area contributed by atoms with Crippen LogP contribution < -0.4 is 0 Å². The molecule has 5 atom stereocenters. The Labute approximate surface area is 166 Å². The molecule has 0 nitrogen and oxygen atoms in total. The molecule has 24 heavy (non-hydrogen) atoms. The predicted octanol–water partition coefficient (Wildman–Crippen LogP) is 8.42. The molecule has 1 heteroatoms. The Hall–Kier alpha value is 0.730. The maximum atomic E-state index is 2.72. The van der Waals surface area contributed by atoms with Gasteiger partial charge in [0.05, 0.1) is 0 Å². The van der Waals surface area contributed by atoms with E-state index in [9.17, 15) is 0 Å². The zero-order valence-corrected chi connectivity index (χ0v) is 19.2. The SMILES string of the molecule is CCCCC1C2CCC(C)CCC(C)(CCCCCI)C1(C)CC2. The van der Waals surface area contributed by atoms with Gasteiger partial charge in [-0.15, -0.1) is 0 Å². The number of fused-ring (bicyclic) bond motifs is 2. The van der Waals surface area contributed by atoms with Crippen LogP contribution in [0.1, 0.15) is 111 Å². The van der Waals surface area contributed by atoms with Crippen LogP contribution >= 0.6 is 22.6 Å². The first kappa shape index (κ1) is 21.0. The van der Waals surface area contributed by atoms with Gasteiger partial charge in [0.2, 0.25) is 0 Å². The van der Waals surface area contributed by atoms with Crippen molar-refractivity contribution < 1.29 is 0 Å². The summed E-state index contributed by atoms with van der Waals surface area (Å²) in [6.07, 6.45) is 19.2. The lowest BCUT2D eigenvalue weighted by Crippen LogP contribution is -2.41. The molecule has 0 N–H and O–H groups in total. The summed E-state index contributed by atoms with van der Waals surface area (Å²) in [6.45, 7) is 10.3. The van der Waals surface area contributed by atoms with Crippen molar-refractivity contribution in [2.24, 2.45) is 28.6 Å². The first-order valence-corrected chi connectivity index (χ1v) is 12.6. The highest BCUT2D eigenvalue weighted by Gasteiger charge is 2.54. The minimum absolute atomic E-state index is 0.587. The van der Waals surface area contributed by atoms with Crippen molar-refractivity contribution in [2.75, 3.05) is 4.43 Å². The highest BCUT2D eigenvalue weighted by molar-refractivity contribution is 14.1. The summed E-state index contributed by atoms with van der Waals surface area (Å²) in [4.78, 5) is 0. The summed E-state index contributed by atoms with van der Waals surface area (Å²) in [6, 6.07) is 0. The molecule has 0 radical (unpaired) electrons. The van der Waals surface area contributed by atoms with Crippen molar-refractivity contribution in [3.8, 4) is 0 Å². The highest BCUT2D eigenvalue weighted by Crippen LogP contribution is 2.63. The molecule has 0 heterocycles. The van der Waals surface area contributed by atoms with Crippen molar-refractivity contribution in [1.29, 1.82) is 0 Å². The second-order valence-electron chi connectivity index (χ2n) is 9.75. The molecule has 0 aromatic carbocycles. The van der Waals surface area contributed by atoms with Crippen LogP contribution in [0.25, 0.3) is 0 Å². The van der Waals surface area contributed by atoms with Crippen LogP contribution in [0.4, 0.5) is 0 Å². The Morgan fingerprint density at radius 2 is 1.71 bits per heavy atom. The second kappa shape index (κ2) is 9.60. The van der Waals surface area contributed by atoms with E-state index < -0.39 is 0 Å². The van der Waals surface area contributed by atoms with Crippen LogP contribution in [-0.2, 0) is 0 Å². The number of rotatable bonds is 8. The molecular formula is C23H43I. The number of alkyl halides is 1. The van der Waals surface area contributed by atoms with Gasteiger partial charge in [0.25, 0.3) is 0 Å². The van der Waals surface area contributed by atoms with E-state index in [1.165, 1.54) is 87.9 Å². The predicted molar refractivity (Wildman–Crippen MR) is 117 cm³/mol. The van der Waals surface area contributed by atoms with Gasteiger partial charge in [-0.2, -0.15) is 0 Å². The van der Waals surface area contributed by atoms with Gasteiger partial charge < -0.3 is 0 Å². The van der Waals surface area contributed by atoms with Crippen molar-refractivity contribution in [2.45, 2.75) is 111 Å². The first-order valence-electron chi connectivity index (χ1n) is 11.0. The molecule has 0 aliphatic heterocycles. The maximum Gasteiger partial charge on any atom is -0.000473 e. The van der Waals surface area contributed by atoms with Gasteiger partial charge in [-0.3, -0.25) is 0 Å². The lowest BCUT2D eigenvalue weighted by Gasteiger charge is -2.50. The summed E-state index contributed by atoms with van der Waals surface area (Å²) < 4.78 is 1.34. The quantitative estimate of drug-likeness (QED) is 0.199. The van der Waals surface area contributed by atoms with E-state index in [4.69, 9.17) is 0 Å². The van der Waals surface area contributed by atoms with Crippen LogP contribution in [0.2, 0.25) is 0 Å². The van der Waals surface area contributed by atoms with Gasteiger partial charge in [-0.1, -0.05) is 88.8 Å². The average molecular weight is 447 g/mol. The molecular weight excluding hydrogens is 403 g/mol. The van der Waals surface area contributed by atoms with Gasteiger partial charge in [-0.05, 0) is 78.0 Å². The topological polar surface area (TPSA) is 0 Å². The zero-order valence-electron chi connectivity index (χ0n) is 17.0. The zero-order chi connectivity index (χ0) is 17.6. The highest BCUT2D eigenvalue weighted by atomic mass is 127. The van der Waals surface area contributed by atoms with Crippen LogP contribution in [-0.4, -0.2) is 4.43 Å². The van der Waals surface area contributed by atoms with Gasteiger partial charge in [0, 0.05) is 0 Å². The largest absolute Gasteiger partial charge is 0.0864 e. The third kappa shape index (κ3) is 4.71. The van der Waals surface area contributed by atoms with E-state index in [1.54, 1.807) is 0 Å². The summed E-state index contributed by atoms with van der Waals surface area (Å²) in [5, 5.41) is 0. The van der Waals surface area contributed by atoms with E-state index in [0.29, 0.717) is 10.8 Å². The molecule has 0 amide bonds. The molecule has 5 unspecified atom stereocenters. The molecule has 2 aliphatic rings. The third-order valence-electron chi connectivity index (χ3n) is 8.25. The van der Waals surface area contributed by atoms with Gasteiger partial charge >= 0.3 is 0 Å². The summed E-state index contributed by atoms with van der Waals surface area (Å²) in [7, 11) is 0. The van der Waals surface area contributed by atoms with E-state index in [-0.39, 0.29) is 0 Å². The smallest absolute Gasteiger partial charge is 0.000473 e. The summed E-state index contributed by atoms with van der Waals surface area (Å²) in [5.74, 6) is 3.00. The van der Waals surface area contributed by atoms with E-state index in [0.717, 1.165) is 17.8 Å². The normalized spacial score (nSPS) is 40.1. The van der Waals surface area contributed by atoms with Gasteiger partial charge in [-0.25, -0.2) is 0 Å². The molecule has 2 rings (SSSR count). The maximum absolute atomic E-state index is 2.72. The lowest BCUT2D eigenvalue weighted by atomic mass is 9.55. The third-order valence-corrected chi connectivity index (χ3v) is 9.01. The first-order chi connectivity index (χ1) is 11.5. The molecule has 0 saturated heterocycles. The van der Waals surface area contributed by atoms with Crippen molar-refractivity contribution in [3.63, 3.8) is 0 Å². The Bertz CT molecular complexity index is 365. The fourth-order valence-electron chi connectivity index (χ4n) is 6.16. The average Bonchev–Trinajstić information content (AvgIpc) is 2.91. The Kier molecular flexibility index (Phi) is 8.42. The van der Waals surface area contributed by atoms with Gasteiger partial charge in [0.15, 0.2) is 0 Å². The van der Waals surface area contributed by atoms with Crippen molar-refractivity contribution in [3.05, 3.63) is 0 Å². The van der Waals surface area contributed by atoms with Gasteiger partial charge in [0.1, 0.15) is 0 Å². The van der Waals surface area contributed by atoms with Crippen molar-refractivity contribution >= 4 is 22.6 Å². The molecule has 0 spiro atoms. The molecule has 2 fully saturated rings. The lowest BCUT2D eigenvalue weighted by molar-refractivity contribution is -0.00556. The number of hydrogen-bond acceptors (Lipinski definition) is 0. The fourth-order valence-corrected chi connectivity index (χ4v) is 6.70. The van der Waals surface area contributed by atoms with E-state index in [2.05, 4.69) is 50.3 Å². The molecule has 2 aliphatic carbocycles. The monoisotopic (exact) mass is 446 g/mol. The molecule has 2 saturated carbocycles. The molecule has 0 aromatic rings. The number of hydrogen-bond donors (Lipinski definition) is 0. The minimum Gasteiger partial charge on any atom is -0.0864 e. The van der Waals surface area contributed by atoms with Crippen molar-refractivity contribution in [1.82, 2.24) is 0 Å². The summed E-state index contributed by atoms with van der Waals surface area (Å²) >= 11 is 2.54. The fraction of sp³-hybridized carbons (Fsp3) is 1.00. The van der Waals surface area contributed by atoms with Crippen LogP contribution in [0.15, 0.2) is 0 Å². The molecule has 0 aromatic heterocycles. The minimum atomic E-state index is 0.587. The van der Waals surface area contributed by atoms with E-state index in [1.807, 2.05) is 0 Å². The Balaban J connectivity index is 2.19. The van der Waals surface area contributed by atoms with Crippen LogP contribution in [0.3, 0.4) is 0 Å². The summed E-state index contributed by atoms with van der Waals surface area (Å²) in [5.41, 5.74) is 1.20. The van der Waals surface area contributed by atoms with Crippen LogP contribution in [0, 0.1) is 28.6 Å². The molecule has 2 bridgehead atoms. The Morgan fingerprint density at radius 1 is 0.917 bits per heavy atom. The van der Waals surface area contributed by atoms with Crippen LogP contribution in [0.5, 0.6) is 0 Å². The number of halogens is 1.